The van der Waals surface area contributed by atoms with E-state index in [9.17, 15) is 4.79 Å². The second kappa shape index (κ2) is 4.77. The Morgan fingerprint density at radius 1 is 1.50 bits per heavy atom. The number of halogens is 1. The molecule has 1 rings (SSSR count). The first-order chi connectivity index (χ1) is 6.59. The normalized spacial score (nSPS) is 10.5. The van der Waals surface area contributed by atoms with Crippen molar-refractivity contribution < 1.29 is 4.79 Å². The molecule has 0 N–H and O–H groups in total. The van der Waals surface area contributed by atoms with Crippen LogP contribution in [0, 0.1) is 0 Å². The molecule has 0 aliphatic carbocycles. The topological polar surface area (TPSA) is 33.2 Å². The largest absolute Gasteiger partial charge is 0.363 e. The Kier molecular flexibility index (Phi) is 3.65. The monoisotopic (exact) mass is 210 g/mol. The number of rotatable bonds is 3. The molecule has 4 heteroatoms. The lowest BCUT2D eigenvalue weighted by Crippen LogP contribution is -2.09. The maximum Gasteiger partial charge on any atom is 0.245 e. The third-order valence-corrected chi connectivity index (χ3v) is 1.76. The molecule has 74 valence electrons. The van der Waals surface area contributed by atoms with Crippen LogP contribution in [0.15, 0.2) is 24.4 Å². The van der Waals surface area contributed by atoms with Gasteiger partial charge in [0.2, 0.25) is 5.24 Å². The van der Waals surface area contributed by atoms with E-state index in [4.69, 9.17) is 11.6 Å². The van der Waals surface area contributed by atoms with Crippen molar-refractivity contribution in [3.63, 3.8) is 0 Å². The van der Waals surface area contributed by atoms with Crippen molar-refractivity contribution in [3.8, 4) is 0 Å². The Morgan fingerprint density at radius 3 is 2.64 bits per heavy atom. The molecule has 0 radical (unpaired) electrons. The smallest absolute Gasteiger partial charge is 0.245 e. The maximum atomic E-state index is 10.4. The van der Waals surface area contributed by atoms with Crippen LogP contribution in [0.25, 0.3) is 6.08 Å². The highest BCUT2D eigenvalue weighted by Crippen LogP contribution is 2.08. The molecule has 0 aliphatic heterocycles. The van der Waals surface area contributed by atoms with Gasteiger partial charge in [0.1, 0.15) is 5.82 Å². The summed E-state index contributed by atoms with van der Waals surface area (Å²) in [4.78, 5) is 16.5. The number of allylic oxidation sites excluding steroid dienone is 1. The van der Waals surface area contributed by atoms with E-state index in [1.165, 1.54) is 6.08 Å². The number of carbonyl (C=O) groups excluding carboxylic acids is 1. The van der Waals surface area contributed by atoms with Crippen molar-refractivity contribution in [3.05, 3.63) is 30.0 Å². The van der Waals surface area contributed by atoms with Gasteiger partial charge < -0.3 is 4.90 Å². The number of aromatic nitrogens is 1. The molecule has 0 spiro atoms. The highest BCUT2D eigenvalue weighted by Gasteiger charge is 1.95. The van der Waals surface area contributed by atoms with Crippen LogP contribution in [0.1, 0.15) is 5.56 Å². The molecule has 0 saturated carbocycles. The minimum atomic E-state index is -0.485. The van der Waals surface area contributed by atoms with E-state index in [1.807, 2.05) is 31.1 Å². The molecular weight excluding hydrogens is 200 g/mol. The molecule has 0 aliphatic rings. The van der Waals surface area contributed by atoms with Crippen molar-refractivity contribution >= 4 is 28.7 Å². The number of anilines is 1. The van der Waals surface area contributed by atoms with Crippen LogP contribution in [-0.2, 0) is 4.79 Å². The lowest BCUT2D eigenvalue weighted by Gasteiger charge is -2.10. The van der Waals surface area contributed by atoms with Gasteiger partial charge in [-0.3, -0.25) is 4.79 Å². The second-order valence-corrected chi connectivity index (χ2v) is 3.35. The first-order valence-electron chi connectivity index (χ1n) is 4.10. The van der Waals surface area contributed by atoms with Gasteiger partial charge in [0.25, 0.3) is 0 Å². The Hall–Kier alpha value is -1.35. The number of nitrogens with zero attached hydrogens (tertiary/aromatic N) is 2. The molecule has 0 fully saturated rings. The van der Waals surface area contributed by atoms with E-state index in [1.54, 1.807) is 12.3 Å². The molecule has 1 aromatic heterocycles. The lowest BCUT2D eigenvalue weighted by molar-refractivity contribution is -0.107. The standard InChI is InChI=1S/C10H11ClN2O/c1-13(2)10-6-4-8(7-12-10)3-5-9(11)14/h3-7H,1-2H3/b5-3+. The van der Waals surface area contributed by atoms with Gasteiger partial charge in [-0.25, -0.2) is 4.98 Å². The Balaban J connectivity index is 2.78. The summed E-state index contributed by atoms with van der Waals surface area (Å²) < 4.78 is 0. The van der Waals surface area contributed by atoms with E-state index < -0.39 is 5.24 Å². The number of hydrogen-bond donors (Lipinski definition) is 0. The van der Waals surface area contributed by atoms with Gasteiger partial charge in [0.05, 0.1) is 0 Å². The molecule has 1 aromatic rings. The fraction of sp³-hybridized carbons (Fsp3) is 0.200. The van der Waals surface area contributed by atoms with Gasteiger partial charge in [-0.15, -0.1) is 0 Å². The van der Waals surface area contributed by atoms with Gasteiger partial charge in [0.15, 0.2) is 0 Å². The Morgan fingerprint density at radius 2 is 2.21 bits per heavy atom. The molecule has 14 heavy (non-hydrogen) atoms. The van der Waals surface area contributed by atoms with Crippen LogP contribution >= 0.6 is 11.6 Å². The fourth-order valence-corrected chi connectivity index (χ4v) is 0.985. The predicted molar refractivity (Wildman–Crippen MR) is 58.5 cm³/mol. The van der Waals surface area contributed by atoms with Crippen LogP contribution in [0.4, 0.5) is 5.82 Å². The average Bonchev–Trinajstić information content (AvgIpc) is 2.15. The van der Waals surface area contributed by atoms with Crippen LogP contribution in [0.2, 0.25) is 0 Å². The zero-order chi connectivity index (χ0) is 10.6. The first kappa shape index (κ1) is 10.7. The highest BCUT2D eigenvalue weighted by molar-refractivity contribution is 6.66. The first-order valence-corrected chi connectivity index (χ1v) is 4.48. The minimum Gasteiger partial charge on any atom is -0.363 e. The molecule has 0 bridgehead atoms. The summed E-state index contributed by atoms with van der Waals surface area (Å²) in [5.41, 5.74) is 0.851. The van der Waals surface area contributed by atoms with E-state index in [0.717, 1.165) is 11.4 Å². The summed E-state index contributed by atoms with van der Waals surface area (Å²) in [6.07, 6.45) is 4.61. The molecular formula is C10H11ClN2O. The molecule has 0 aromatic carbocycles. The van der Waals surface area contributed by atoms with Gasteiger partial charge in [-0.05, 0) is 41.4 Å². The van der Waals surface area contributed by atoms with E-state index in [0.29, 0.717) is 0 Å². The van der Waals surface area contributed by atoms with Crippen molar-refractivity contribution in [2.24, 2.45) is 0 Å². The summed E-state index contributed by atoms with van der Waals surface area (Å²) in [7, 11) is 3.83. The molecule has 3 nitrogen and oxygen atoms in total. The highest BCUT2D eigenvalue weighted by atomic mass is 35.5. The van der Waals surface area contributed by atoms with Gasteiger partial charge in [-0.1, -0.05) is 0 Å². The summed E-state index contributed by atoms with van der Waals surface area (Å²) >= 11 is 5.16. The lowest BCUT2D eigenvalue weighted by atomic mass is 10.2. The fourth-order valence-electron chi connectivity index (χ4n) is 0.922. The minimum absolute atomic E-state index is 0.485. The summed E-state index contributed by atoms with van der Waals surface area (Å²) in [5.74, 6) is 0.874. The summed E-state index contributed by atoms with van der Waals surface area (Å²) in [5, 5.41) is -0.485. The predicted octanol–water partition coefficient (Wildman–Crippen LogP) is 1.93. The van der Waals surface area contributed by atoms with Crippen molar-refractivity contribution in [2.75, 3.05) is 19.0 Å². The molecule has 1 heterocycles. The number of pyridine rings is 1. The zero-order valence-corrected chi connectivity index (χ0v) is 8.82. The Labute approximate surface area is 88.0 Å². The molecule has 0 atom stereocenters. The van der Waals surface area contributed by atoms with E-state index >= 15 is 0 Å². The molecule has 0 amide bonds. The van der Waals surface area contributed by atoms with E-state index in [2.05, 4.69) is 4.98 Å². The third-order valence-electron chi connectivity index (χ3n) is 1.64. The summed E-state index contributed by atoms with van der Waals surface area (Å²) in [6.45, 7) is 0. The van der Waals surface area contributed by atoms with Crippen molar-refractivity contribution in [1.29, 1.82) is 0 Å². The van der Waals surface area contributed by atoms with Crippen molar-refractivity contribution in [2.45, 2.75) is 0 Å². The van der Waals surface area contributed by atoms with Gasteiger partial charge >= 0.3 is 0 Å². The number of hydrogen-bond acceptors (Lipinski definition) is 3. The van der Waals surface area contributed by atoms with Crippen LogP contribution in [0.3, 0.4) is 0 Å². The van der Waals surface area contributed by atoms with Gasteiger partial charge in [0, 0.05) is 20.3 Å². The molecule has 0 unspecified atom stereocenters. The summed E-state index contributed by atoms with van der Waals surface area (Å²) in [6, 6.07) is 3.75. The van der Waals surface area contributed by atoms with Crippen LogP contribution < -0.4 is 4.90 Å². The van der Waals surface area contributed by atoms with E-state index in [-0.39, 0.29) is 0 Å². The number of carbonyl (C=O) groups is 1. The molecule has 0 saturated heterocycles. The average molecular weight is 211 g/mol. The third kappa shape index (κ3) is 3.18. The SMILES string of the molecule is CN(C)c1ccc(/C=C/C(=O)Cl)cn1. The zero-order valence-electron chi connectivity index (χ0n) is 8.07. The van der Waals surface area contributed by atoms with Gasteiger partial charge in [-0.2, -0.15) is 0 Å². The quantitative estimate of drug-likeness (QED) is 0.565. The second-order valence-electron chi connectivity index (χ2n) is 2.98. The van der Waals surface area contributed by atoms with Crippen molar-refractivity contribution in [1.82, 2.24) is 4.98 Å². The van der Waals surface area contributed by atoms with Crippen LogP contribution in [0.5, 0.6) is 0 Å². The van der Waals surface area contributed by atoms with Crippen LogP contribution in [-0.4, -0.2) is 24.3 Å². The maximum absolute atomic E-state index is 10.4. The Bertz CT molecular complexity index is 344.